The number of aryl methyl sites for hydroxylation is 1. The van der Waals surface area contributed by atoms with Crippen LogP contribution in [0, 0.1) is 12.3 Å². The Morgan fingerprint density at radius 3 is 2.56 bits per heavy atom. The van der Waals surface area contributed by atoms with Crippen molar-refractivity contribution in [1.82, 2.24) is 0 Å². The van der Waals surface area contributed by atoms with Gasteiger partial charge < -0.3 is 10.0 Å². The molecule has 0 saturated carbocycles. The fraction of sp³-hybridized carbons (Fsp3) is 0.538. The molecule has 3 heteroatoms. The third-order valence-electron chi connectivity index (χ3n) is 2.68. The summed E-state index contributed by atoms with van der Waals surface area (Å²) >= 11 is 3.49. The Morgan fingerprint density at radius 2 is 2.00 bits per heavy atom. The zero-order chi connectivity index (χ0) is 12.3. The van der Waals surface area contributed by atoms with Gasteiger partial charge in [0.05, 0.1) is 0 Å². The molecule has 16 heavy (non-hydrogen) atoms. The molecule has 1 aromatic carbocycles. The van der Waals surface area contributed by atoms with E-state index in [2.05, 4.69) is 60.8 Å². The molecule has 0 aromatic heterocycles. The average Bonchev–Trinajstić information content (AvgIpc) is 2.21. The lowest BCUT2D eigenvalue weighted by Crippen LogP contribution is -2.34. The number of nitrogens with zero attached hydrogens (tertiary/aromatic N) is 1. The summed E-state index contributed by atoms with van der Waals surface area (Å²) in [4.78, 5) is 2.19. The van der Waals surface area contributed by atoms with Gasteiger partial charge in [-0.15, -0.1) is 0 Å². The minimum atomic E-state index is -0.0799. The monoisotopic (exact) mass is 285 g/mol. The van der Waals surface area contributed by atoms with Gasteiger partial charge in [-0.05, 0) is 24.6 Å². The molecule has 0 amide bonds. The molecule has 1 rings (SSSR count). The molecular weight excluding hydrogens is 266 g/mol. The number of anilines is 1. The topological polar surface area (TPSA) is 23.5 Å². The molecule has 0 radical (unpaired) electrons. The zero-order valence-corrected chi connectivity index (χ0v) is 12.0. The average molecular weight is 286 g/mol. The molecule has 0 aliphatic rings. The van der Waals surface area contributed by atoms with Gasteiger partial charge in [0.1, 0.15) is 0 Å². The quantitative estimate of drug-likeness (QED) is 0.918. The first kappa shape index (κ1) is 13.5. The molecule has 0 aliphatic carbocycles. The van der Waals surface area contributed by atoms with Gasteiger partial charge in [0.2, 0.25) is 0 Å². The van der Waals surface area contributed by atoms with Crippen LogP contribution in [0.5, 0.6) is 0 Å². The van der Waals surface area contributed by atoms with E-state index in [0.717, 1.165) is 11.0 Å². The summed E-state index contributed by atoms with van der Waals surface area (Å²) in [5, 5.41) is 9.28. The van der Waals surface area contributed by atoms with Gasteiger partial charge in [0.15, 0.2) is 0 Å². The van der Waals surface area contributed by atoms with Crippen molar-refractivity contribution in [2.45, 2.75) is 20.8 Å². The number of halogens is 1. The summed E-state index contributed by atoms with van der Waals surface area (Å²) in [6.07, 6.45) is 0. The summed E-state index contributed by atoms with van der Waals surface area (Å²) in [6, 6.07) is 6.26. The molecule has 0 atom stereocenters. The third kappa shape index (κ3) is 3.49. The van der Waals surface area contributed by atoms with Crippen molar-refractivity contribution in [2.24, 2.45) is 5.41 Å². The minimum absolute atomic E-state index is 0.0799. The maximum atomic E-state index is 9.28. The highest BCUT2D eigenvalue weighted by Crippen LogP contribution is 2.26. The van der Waals surface area contributed by atoms with Gasteiger partial charge in [0, 0.05) is 35.8 Å². The number of hydrogen-bond acceptors (Lipinski definition) is 2. The van der Waals surface area contributed by atoms with Crippen LogP contribution in [0.1, 0.15) is 19.4 Å². The molecular formula is C13H20BrNO. The van der Waals surface area contributed by atoms with Crippen LogP contribution in [0.15, 0.2) is 22.7 Å². The van der Waals surface area contributed by atoms with Crippen LogP contribution in [-0.2, 0) is 0 Å². The lowest BCUT2D eigenvalue weighted by molar-refractivity contribution is 0.165. The van der Waals surface area contributed by atoms with E-state index in [1.54, 1.807) is 0 Å². The van der Waals surface area contributed by atoms with E-state index in [-0.39, 0.29) is 12.0 Å². The predicted octanol–water partition coefficient (Wildman–Crippen LogP) is 3.21. The van der Waals surface area contributed by atoms with Gasteiger partial charge in [0.25, 0.3) is 0 Å². The molecule has 90 valence electrons. The largest absolute Gasteiger partial charge is 0.396 e. The Kier molecular flexibility index (Phi) is 4.39. The number of aliphatic hydroxyl groups excluding tert-OH is 1. The van der Waals surface area contributed by atoms with Crippen molar-refractivity contribution in [3.63, 3.8) is 0 Å². The Morgan fingerprint density at radius 1 is 1.38 bits per heavy atom. The van der Waals surface area contributed by atoms with Crippen LogP contribution in [0.4, 0.5) is 5.69 Å². The molecule has 0 unspecified atom stereocenters. The summed E-state index contributed by atoms with van der Waals surface area (Å²) in [5.41, 5.74) is 2.37. The zero-order valence-electron chi connectivity index (χ0n) is 10.4. The highest BCUT2D eigenvalue weighted by atomic mass is 79.9. The molecule has 0 fully saturated rings. The molecule has 0 spiro atoms. The van der Waals surface area contributed by atoms with Crippen LogP contribution >= 0.6 is 15.9 Å². The van der Waals surface area contributed by atoms with Crippen molar-refractivity contribution >= 4 is 21.6 Å². The van der Waals surface area contributed by atoms with Crippen molar-refractivity contribution in [3.8, 4) is 0 Å². The molecule has 2 nitrogen and oxygen atoms in total. The summed E-state index contributed by atoms with van der Waals surface area (Å²) in [7, 11) is 2.06. The van der Waals surface area contributed by atoms with E-state index >= 15 is 0 Å². The lowest BCUT2D eigenvalue weighted by Gasteiger charge is -2.31. The molecule has 1 aromatic rings. The molecule has 0 aliphatic heterocycles. The van der Waals surface area contributed by atoms with Crippen LogP contribution in [-0.4, -0.2) is 25.3 Å². The second-order valence-corrected chi connectivity index (χ2v) is 6.02. The van der Waals surface area contributed by atoms with Gasteiger partial charge in [-0.3, -0.25) is 0 Å². The maximum Gasteiger partial charge on any atom is 0.0499 e. The Hall–Kier alpha value is -0.540. The van der Waals surface area contributed by atoms with Crippen LogP contribution in [0.3, 0.4) is 0 Å². The van der Waals surface area contributed by atoms with E-state index in [9.17, 15) is 5.11 Å². The van der Waals surface area contributed by atoms with Gasteiger partial charge in [-0.25, -0.2) is 0 Å². The van der Waals surface area contributed by atoms with Crippen molar-refractivity contribution in [1.29, 1.82) is 0 Å². The number of rotatable bonds is 4. The SMILES string of the molecule is Cc1ccc(Br)cc1N(C)CC(C)(C)CO. The van der Waals surface area contributed by atoms with E-state index in [4.69, 9.17) is 0 Å². The Balaban J connectivity index is 2.88. The van der Waals surface area contributed by atoms with Crippen LogP contribution < -0.4 is 4.90 Å². The summed E-state index contributed by atoms with van der Waals surface area (Å²) in [5.74, 6) is 0. The van der Waals surface area contributed by atoms with E-state index in [1.165, 1.54) is 11.3 Å². The summed E-state index contributed by atoms with van der Waals surface area (Å²) < 4.78 is 1.08. The van der Waals surface area contributed by atoms with Crippen molar-refractivity contribution < 1.29 is 5.11 Å². The first-order valence-electron chi connectivity index (χ1n) is 5.44. The second-order valence-electron chi connectivity index (χ2n) is 5.11. The molecule has 0 saturated heterocycles. The molecule has 0 bridgehead atoms. The van der Waals surface area contributed by atoms with Crippen LogP contribution in [0.25, 0.3) is 0 Å². The Bertz CT molecular complexity index is 363. The fourth-order valence-corrected chi connectivity index (χ4v) is 2.12. The van der Waals surface area contributed by atoms with Crippen LogP contribution in [0.2, 0.25) is 0 Å². The van der Waals surface area contributed by atoms with Gasteiger partial charge in [-0.1, -0.05) is 35.8 Å². The number of hydrogen-bond donors (Lipinski definition) is 1. The maximum absolute atomic E-state index is 9.28. The first-order chi connectivity index (χ1) is 7.35. The third-order valence-corrected chi connectivity index (χ3v) is 3.17. The lowest BCUT2D eigenvalue weighted by atomic mass is 9.94. The predicted molar refractivity (Wildman–Crippen MR) is 73.0 cm³/mol. The Labute approximate surface area is 106 Å². The number of aliphatic hydroxyl groups is 1. The highest BCUT2D eigenvalue weighted by Gasteiger charge is 2.19. The second kappa shape index (κ2) is 5.19. The fourth-order valence-electron chi connectivity index (χ4n) is 1.77. The highest BCUT2D eigenvalue weighted by molar-refractivity contribution is 9.10. The van der Waals surface area contributed by atoms with E-state index in [1.807, 2.05) is 6.07 Å². The van der Waals surface area contributed by atoms with Crippen molar-refractivity contribution in [2.75, 3.05) is 25.1 Å². The standard InChI is InChI=1S/C13H20BrNO/c1-10-5-6-11(14)7-12(10)15(4)8-13(2,3)9-16/h5-7,16H,8-9H2,1-4H3. The van der Waals surface area contributed by atoms with E-state index < -0.39 is 0 Å². The summed E-state index contributed by atoms with van der Waals surface area (Å²) in [6.45, 7) is 7.27. The molecule has 1 N–H and O–H groups in total. The van der Waals surface area contributed by atoms with E-state index in [0.29, 0.717) is 0 Å². The van der Waals surface area contributed by atoms with Gasteiger partial charge in [-0.2, -0.15) is 0 Å². The molecule has 0 heterocycles. The van der Waals surface area contributed by atoms with Crippen molar-refractivity contribution in [3.05, 3.63) is 28.2 Å². The number of benzene rings is 1. The first-order valence-corrected chi connectivity index (χ1v) is 6.23. The van der Waals surface area contributed by atoms with Gasteiger partial charge >= 0.3 is 0 Å². The minimum Gasteiger partial charge on any atom is -0.396 e. The smallest absolute Gasteiger partial charge is 0.0499 e. The normalized spacial score (nSPS) is 11.6.